The van der Waals surface area contributed by atoms with E-state index >= 15 is 0 Å². The van der Waals surface area contributed by atoms with Crippen molar-refractivity contribution in [3.8, 4) is 6.07 Å². The van der Waals surface area contributed by atoms with Crippen molar-refractivity contribution < 1.29 is 4.79 Å². The molecule has 0 fully saturated rings. The molecule has 2 N–H and O–H groups in total. The smallest absolute Gasteiger partial charge is 0.222 e. The first-order valence-corrected chi connectivity index (χ1v) is 4.52. The molecule has 0 aliphatic heterocycles. The first kappa shape index (κ1) is 11.9. The fraction of sp³-hybridized carbons (Fsp3) is 0.778. The molecular weight excluding hydrogens is 166 g/mol. The van der Waals surface area contributed by atoms with Gasteiger partial charge in [-0.3, -0.25) is 10.1 Å². The van der Waals surface area contributed by atoms with Gasteiger partial charge in [0.05, 0.1) is 12.5 Å². The number of amides is 1. The van der Waals surface area contributed by atoms with Crippen LogP contribution in [0.5, 0.6) is 0 Å². The van der Waals surface area contributed by atoms with Crippen molar-refractivity contribution in [2.75, 3.05) is 6.54 Å². The van der Waals surface area contributed by atoms with E-state index in [0.29, 0.717) is 6.54 Å². The van der Waals surface area contributed by atoms with E-state index in [1.807, 2.05) is 20.8 Å². The summed E-state index contributed by atoms with van der Waals surface area (Å²) in [6.07, 6.45) is 0.225. The summed E-state index contributed by atoms with van der Waals surface area (Å²) in [4.78, 5) is 11.1. The first-order valence-electron chi connectivity index (χ1n) is 4.52. The zero-order chi connectivity index (χ0) is 10.3. The van der Waals surface area contributed by atoms with E-state index in [2.05, 4.69) is 16.7 Å². The Morgan fingerprint density at radius 1 is 1.54 bits per heavy atom. The summed E-state index contributed by atoms with van der Waals surface area (Å²) in [5, 5.41) is 14.3. The lowest BCUT2D eigenvalue weighted by Gasteiger charge is -2.13. The Bertz CT molecular complexity index is 196. The van der Waals surface area contributed by atoms with E-state index in [0.717, 1.165) is 0 Å². The minimum atomic E-state index is -0.383. The second kappa shape index (κ2) is 6.44. The van der Waals surface area contributed by atoms with Gasteiger partial charge in [-0.05, 0) is 20.8 Å². The van der Waals surface area contributed by atoms with Crippen LogP contribution in [0.15, 0.2) is 0 Å². The zero-order valence-corrected chi connectivity index (χ0v) is 8.42. The van der Waals surface area contributed by atoms with Crippen LogP contribution in [-0.2, 0) is 4.79 Å². The van der Waals surface area contributed by atoms with Crippen molar-refractivity contribution in [3.05, 3.63) is 0 Å². The molecule has 0 aliphatic rings. The molecule has 4 nitrogen and oxygen atoms in total. The molecule has 74 valence electrons. The lowest BCUT2D eigenvalue weighted by atomic mass is 10.2. The SMILES string of the molecule is CCNC(=O)CC(C#N)NC(C)C. The summed E-state index contributed by atoms with van der Waals surface area (Å²) in [5.74, 6) is -0.0813. The minimum absolute atomic E-state index is 0.0813. The molecule has 0 spiro atoms. The average Bonchev–Trinajstić information content (AvgIpc) is 2.02. The van der Waals surface area contributed by atoms with Gasteiger partial charge in [0, 0.05) is 12.6 Å². The van der Waals surface area contributed by atoms with Gasteiger partial charge in [0.1, 0.15) is 6.04 Å². The molecule has 0 aromatic heterocycles. The second-order valence-electron chi connectivity index (χ2n) is 3.16. The van der Waals surface area contributed by atoms with Crippen LogP contribution in [0.2, 0.25) is 0 Å². The average molecular weight is 183 g/mol. The number of nitrogens with zero attached hydrogens (tertiary/aromatic N) is 1. The van der Waals surface area contributed by atoms with E-state index in [1.54, 1.807) is 0 Å². The number of carbonyl (C=O) groups excluding carboxylic acids is 1. The summed E-state index contributed by atoms with van der Waals surface area (Å²) in [6.45, 7) is 6.36. The molecule has 0 rings (SSSR count). The van der Waals surface area contributed by atoms with Gasteiger partial charge in [0.15, 0.2) is 0 Å². The zero-order valence-electron chi connectivity index (χ0n) is 8.42. The Hall–Kier alpha value is -1.08. The third-order valence-electron chi connectivity index (χ3n) is 1.45. The Morgan fingerprint density at radius 3 is 2.54 bits per heavy atom. The van der Waals surface area contributed by atoms with Gasteiger partial charge in [-0.25, -0.2) is 0 Å². The molecule has 0 aromatic rings. The first-order chi connectivity index (χ1) is 6.10. The second-order valence-corrected chi connectivity index (χ2v) is 3.16. The van der Waals surface area contributed by atoms with Gasteiger partial charge in [0.25, 0.3) is 0 Å². The molecule has 0 bridgehead atoms. The molecule has 0 aliphatic carbocycles. The minimum Gasteiger partial charge on any atom is -0.356 e. The van der Waals surface area contributed by atoms with Crippen molar-refractivity contribution in [2.24, 2.45) is 0 Å². The van der Waals surface area contributed by atoms with Gasteiger partial charge in [-0.1, -0.05) is 0 Å². The standard InChI is InChI=1S/C9H17N3O/c1-4-11-9(13)5-8(6-10)12-7(2)3/h7-8,12H,4-5H2,1-3H3,(H,11,13). The fourth-order valence-corrected chi connectivity index (χ4v) is 0.999. The lowest BCUT2D eigenvalue weighted by Crippen LogP contribution is -2.38. The van der Waals surface area contributed by atoms with Crippen molar-refractivity contribution in [3.63, 3.8) is 0 Å². The molecule has 13 heavy (non-hydrogen) atoms. The van der Waals surface area contributed by atoms with Crippen LogP contribution in [0.25, 0.3) is 0 Å². The summed E-state index contributed by atoms with van der Waals surface area (Å²) >= 11 is 0. The van der Waals surface area contributed by atoms with Crippen LogP contribution in [0, 0.1) is 11.3 Å². The predicted octanol–water partition coefficient (Wildman–Crippen LogP) is 0.403. The molecule has 0 saturated heterocycles. The molecular formula is C9H17N3O. The van der Waals surface area contributed by atoms with Crippen molar-refractivity contribution in [1.29, 1.82) is 5.26 Å². The van der Waals surface area contributed by atoms with Gasteiger partial charge in [-0.2, -0.15) is 5.26 Å². The normalized spacial score (nSPS) is 12.2. The predicted molar refractivity (Wildman–Crippen MR) is 51.0 cm³/mol. The van der Waals surface area contributed by atoms with Crippen molar-refractivity contribution in [2.45, 2.75) is 39.3 Å². The van der Waals surface area contributed by atoms with Crippen molar-refractivity contribution in [1.82, 2.24) is 10.6 Å². The molecule has 0 aromatic carbocycles. The highest BCUT2D eigenvalue weighted by molar-refractivity contribution is 5.76. The van der Waals surface area contributed by atoms with E-state index in [9.17, 15) is 4.79 Å². The van der Waals surface area contributed by atoms with Crippen LogP contribution < -0.4 is 10.6 Å². The molecule has 1 amide bonds. The van der Waals surface area contributed by atoms with Gasteiger partial charge >= 0.3 is 0 Å². The maximum absolute atomic E-state index is 11.1. The van der Waals surface area contributed by atoms with Gasteiger partial charge in [-0.15, -0.1) is 0 Å². The third kappa shape index (κ3) is 6.12. The summed E-state index contributed by atoms with van der Waals surface area (Å²) in [5.41, 5.74) is 0. The fourth-order valence-electron chi connectivity index (χ4n) is 0.999. The van der Waals surface area contributed by atoms with E-state index in [1.165, 1.54) is 0 Å². The Morgan fingerprint density at radius 2 is 2.15 bits per heavy atom. The highest BCUT2D eigenvalue weighted by Gasteiger charge is 2.12. The van der Waals surface area contributed by atoms with Crippen LogP contribution in [0.4, 0.5) is 0 Å². The summed E-state index contributed by atoms with van der Waals surface area (Å²) in [7, 11) is 0. The largest absolute Gasteiger partial charge is 0.356 e. The Labute approximate surface area is 79.3 Å². The van der Waals surface area contributed by atoms with Gasteiger partial charge in [0.2, 0.25) is 5.91 Å². The number of nitriles is 1. The lowest BCUT2D eigenvalue weighted by molar-refractivity contribution is -0.121. The van der Waals surface area contributed by atoms with E-state index in [-0.39, 0.29) is 24.4 Å². The topological polar surface area (TPSA) is 64.9 Å². The number of nitrogens with one attached hydrogen (secondary N) is 2. The summed E-state index contributed by atoms with van der Waals surface area (Å²) < 4.78 is 0. The molecule has 1 unspecified atom stereocenters. The molecule has 1 atom stereocenters. The van der Waals surface area contributed by atoms with Crippen LogP contribution in [0.3, 0.4) is 0 Å². The maximum Gasteiger partial charge on any atom is 0.222 e. The molecule has 0 saturated carbocycles. The van der Waals surface area contributed by atoms with Gasteiger partial charge < -0.3 is 5.32 Å². The highest BCUT2D eigenvalue weighted by Crippen LogP contribution is 1.92. The number of rotatable bonds is 5. The monoisotopic (exact) mass is 183 g/mol. The Kier molecular flexibility index (Phi) is 5.90. The maximum atomic E-state index is 11.1. The van der Waals surface area contributed by atoms with Crippen LogP contribution >= 0.6 is 0 Å². The number of carbonyl (C=O) groups is 1. The van der Waals surface area contributed by atoms with Crippen molar-refractivity contribution >= 4 is 5.91 Å². The van der Waals surface area contributed by atoms with E-state index in [4.69, 9.17) is 5.26 Å². The van der Waals surface area contributed by atoms with Crippen LogP contribution in [-0.4, -0.2) is 24.5 Å². The number of hydrogen-bond donors (Lipinski definition) is 2. The molecule has 4 heteroatoms. The van der Waals surface area contributed by atoms with Crippen LogP contribution in [0.1, 0.15) is 27.2 Å². The third-order valence-corrected chi connectivity index (χ3v) is 1.45. The molecule has 0 radical (unpaired) electrons. The highest BCUT2D eigenvalue weighted by atomic mass is 16.1. The Balaban J connectivity index is 3.85. The quantitative estimate of drug-likeness (QED) is 0.648. The summed E-state index contributed by atoms with van der Waals surface area (Å²) in [6, 6.07) is 1.89. The molecule has 0 heterocycles. The number of hydrogen-bond acceptors (Lipinski definition) is 3. The van der Waals surface area contributed by atoms with E-state index < -0.39 is 0 Å².